The molecule has 4 nitrogen and oxygen atoms in total. The number of hydrogen-bond donors (Lipinski definition) is 1. The molecule has 1 atom stereocenters. The Morgan fingerprint density at radius 1 is 1.03 bits per heavy atom. The van der Waals surface area contributed by atoms with E-state index in [1.807, 2.05) is 67.6 Å². The molecule has 0 bridgehead atoms. The van der Waals surface area contributed by atoms with Crippen LogP contribution in [-0.2, 0) is 9.53 Å². The van der Waals surface area contributed by atoms with Gasteiger partial charge in [-0.1, -0.05) is 67.6 Å². The third-order valence-corrected chi connectivity index (χ3v) is 4.65. The summed E-state index contributed by atoms with van der Waals surface area (Å²) in [6.45, 7) is 7.28. The van der Waals surface area contributed by atoms with Gasteiger partial charge in [-0.15, -0.1) is 0 Å². The first kappa shape index (κ1) is 20.6. The smallest absolute Gasteiger partial charge is 0.412 e. The van der Waals surface area contributed by atoms with Gasteiger partial charge in [-0.05, 0) is 55.5 Å². The number of alkyl carbamates (subject to hydrolysis) is 1. The van der Waals surface area contributed by atoms with Gasteiger partial charge in [0, 0.05) is 5.92 Å². The number of ketones is 1. The monoisotopic (exact) mass is 389 g/mol. The number of amides is 1. The molecule has 2 aromatic rings. The van der Waals surface area contributed by atoms with Crippen molar-refractivity contribution in [3.05, 3.63) is 83.1 Å². The number of nitrogens with one attached hydrogen (secondary N) is 1. The zero-order valence-electron chi connectivity index (χ0n) is 17.4. The van der Waals surface area contributed by atoms with Crippen molar-refractivity contribution in [3.8, 4) is 0 Å². The number of benzene rings is 2. The number of ether oxygens (including phenoxy) is 1. The van der Waals surface area contributed by atoms with Gasteiger partial charge in [-0.2, -0.15) is 0 Å². The molecule has 29 heavy (non-hydrogen) atoms. The summed E-state index contributed by atoms with van der Waals surface area (Å²) in [6, 6.07) is 19.9. The van der Waals surface area contributed by atoms with Crippen LogP contribution < -0.4 is 5.32 Å². The van der Waals surface area contributed by atoms with Gasteiger partial charge in [0.2, 0.25) is 0 Å². The number of carbonyl (C=O) groups excluding carboxylic acids is 2. The summed E-state index contributed by atoms with van der Waals surface area (Å²) >= 11 is 0. The van der Waals surface area contributed by atoms with Gasteiger partial charge in [0.15, 0.2) is 5.78 Å². The first-order chi connectivity index (χ1) is 13.7. The van der Waals surface area contributed by atoms with Crippen LogP contribution in [0.2, 0.25) is 0 Å². The molecule has 0 radical (unpaired) electrons. The van der Waals surface area contributed by atoms with Crippen molar-refractivity contribution in [1.29, 1.82) is 0 Å². The molecule has 0 saturated carbocycles. The Morgan fingerprint density at radius 2 is 1.62 bits per heavy atom. The Bertz CT molecular complexity index is 951. The zero-order valence-corrected chi connectivity index (χ0v) is 17.4. The fourth-order valence-electron chi connectivity index (χ4n) is 3.36. The van der Waals surface area contributed by atoms with E-state index in [1.165, 1.54) is 0 Å². The van der Waals surface area contributed by atoms with Crippen molar-refractivity contribution >= 4 is 23.5 Å². The predicted octanol–water partition coefficient (Wildman–Crippen LogP) is 5.61. The summed E-state index contributed by atoms with van der Waals surface area (Å²) in [5.41, 5.74) is 3.49. The van der Waals surface area contributed by atoms with Crippen LogP contribution in [0.25, 0.3) is 11.6 Å². The summed E-state index contributed by atoms with van der Waals surface area (Å²) in [5, 5.41) is 2.73. The highest BCUT2D eigenvalue weighted by Crippen LogP contribution is 2.37. The zero-order chi connectivity index (χ0) is 21.0. The van der Waals surface area contributed by atoms with Crippen LogP contribution >= 0.6 is 0 Å². The van der Waals surface area contributed by atoms with Gasteiger partial charge in [0.1, 0.15) is 5.60 Å². The molecule has 0 fully saturated rings. The number of allylic oxidation sites excluding steroid dienone is 3. The Morgan fingerprint density at radius 3 is 2.21 bits per heavy atom. The molecule has 0 aliphatic heterocycles. The molecular formula is C25H27NO3. The van der Waals surface area contributed by atoms with Crippen LogP contribution in [0.3, 0.4) is 0 Å². The van der Waals surface area contributed by atoms with E-state index < -0.39 is 11.7 Å². The van der Waals surface area contributed by atoms with Crippen LogP contribution in [0.5, 0.6) is 0 Å². The van der Waals surface area contributed by atoms with E-state index in [2.05, 4.69) is 11.4 Å². The second-order valence-corrected chi connectivity index (χ2v) is 8.28. The molecule has 4 heteroatoms. The van der Waals surface area contributed by atoms with Gasteiger partial charge in [-0.3, -0.25) is 10.1 Å². The third-order valence-electron chi connectivity index (χ3n) is 4.65. The molecule has 1 amide bonds. The molecule has 0 heterocycles. The Balaban J connectivity index is 2.08. The van der Waals surface area contributed by atoms with Crippen LogP contribution in [-0.4, -0.2) is 17.5 Å². The predicted molar refractivity (Wildman–Crippen MR) is 116 cm³/mol. The molecule has 150 valence electrons. The fraction of sp³-hybridized carbons (Fsp3) is 0.280. The fourth-order valence-corrected chi connectivity index (χ4v) is 3.36. The molecule has 0 saturated heterocycles. The lowest BCUT2D eigenvalue weighted by atomic mass is 9.93. The minimum atomic E-state index is -0.639. The Kier molecular flexibility index (Phi) is 6.02. The summed E-state index contributed by atoms with van der Waals surface area (Å²) in [5.74, 6) is -0.265. The average molecular weight is 389 g/mol. The molecule has 1 aliphatic carbocycles. The standard InChI is InChI=1S/C25H27NO3/c1-17-15-21(22(23(17)27)26-24(28)29-25(2,3)4)20(19-13-9-6-10-14-19)16-18-11-7-5-8-12-18/h5-14,16-17H,15H2,1-4H3,(H,26,28)/b20-16+. The third kappa shape index (κ3) is 5.23. The number of carbonyl (C=O) groups is 2. The SMILES string of the molecule is CC1CC(/C(=C/c2ccccc2)c2ccccc2)=C(NC(=O)OC(C)(C)C)C1=O. The van der Waals surface area contributed by atoms with E-state index >= 15 is 0 Å². The van der Waals surface area contributed by atoms with Crippen molar-refractivity contribution in [2.24, 2.45) is 5.92 Å². The molecule has 1 unspecified atom stereocenters. The first-order valence-corrected chi connectivity index (χ1v) is 9.84. The molecular weight excluding hydrogens is 362 g/mol. The lowest BCUT2D eigenvalue weighted by Crippen LogP contribution is -2.34. The van der Waals surface area contributed by atoms with Crippen LogP contribution in [0.1, 0.15) is 45.2 Å². The molecule has 0 spiro atoms. The van der Waals surface area contributed by atoms with E-state index in [1.54, 1.807) is 20.8 Å². The summed E-state index contributed by atoms with van der Waals surface area (Å²) in [7, 11) is 0. The number of hydrogen-bond acceptors (Lipinski definition) is 3. The number of rotatable bonds is 4. The molecule has 2 aromatic carbocycles. The lowest BCUT2D eigenvalue weighted by molar-refractivity contribution is -0.118. The number of Topliss-reactive ketones (excluding diaryl/α,β-unsaturated/α-hetero) is 1. The van der Waals surface area contributed by atoms with E-state index in [4.69, 9.17) is 4.74 Å². The average Bonchev–Trinajstić information content (AvgIpc) is 2.94. The molecule has 1 aliphatic rings. The van der Waals surface area contributed by atoms with Crippen molar-refractivity contribution in [2.45, 2.75) is 39.7 Å². The summed E-state index contributed by atoms with van der Waals surface area (Å²) < 4.78 is 5.38. The highest BCUT2D eigenvalue weighted by Gasteiger charge is 2.34. The quantitative estimate of drug-likeness (QED) is 0.691. The van der Waals surface area contributed by atoms with Crippen molar-refractivity contribution < 1.29 is 14.3 Å². The second-order valence-electron chi connectivity index (χ2n) is 8.28. The van der Waals surface area contributed by atoms with Crippen molar-refractivity contribution in [2.75, 3.05) is 0 Å². The summed E-state index contributed by atoms with van der Waals surface area (Å²) in [6.07, 6.45) is 2.02. The molecule has 0 aromatic heterocycles. The van der Waals surface area contributed by atoms with Gasteiger partial charge < -0.3 is 4.74 Å². The largest absolute Gasteiger partial charge is 0.444 e. The first-order valence-electron chi connectivity index (χ1n) is 9.84. The topological polar surface area (TPSA) is 55.4 Å². The highest BCUT2D eigenvalue weighted by atomic mass is 16.6. The van der Waals surface area contributed by atoms with Crippen LogP contribution in [0, 0.1) is 5.92 Å². The highest BCUT2D eigenvalue weighted by molar-refractivity contribution is 6.08. The maximum absolute atomic E-state index is 12.8. The van der Waals surface area contributed by atoms with Crippen LogP contribution in [0.15, 0.2) is 71.9 Å². The minimum Gasteiger partial charge on any atom is -0.444 e. The van der Waals surface area contributed by atoms with E-state index in [9.17, 15) is 9.59 Å². The maximum atomic E-state index is 12.8. The lowest BCUT2D eigenvalue weighted by Gasteiger charge is -2.20. The Labute approximate surface area is 172 Å². The molecule has 3 rings (SSSR count). The van der Waals surface area contributed by atoms with E-state index in [0.717, 1.165) is 22.3 Å². The van der Waals surface area contributed by atoms with Gasteiger partial charge in [0.25, 0.3) is 0 Å². The van der Waals surface area contributed by atoms with Gasteiger partial charge >= 0.3 is 6.09 Å². The van der Waals surface area contributed by atoms with Crippen molar-refractivity contribution in [1.82, 2.24) is 5.32 Å². The summed E-state index contributed by atoms with van der Waals surface area (Å²) in [4.78, 5) is 25.2. The van der Waals surface area contributed by atoms with Crippen molar-refractivity contribution in [3.63, 3.8) is 0 Å². The van der Waals surface area contributed by atoms with E-state index in [0.29, 0.717) is 12.1 Å². The van der Waals surface area contributed by atoms with Crippen LogP contribution in [0.4, 0.5) is 4.79 Å². The van der Waals surface area contributed by atoms with Gasteiger partial charge in [-0.25, -0.2) is 4.79 Å². The maximum Gasteiger partial charge on any atom is 0.412 e. The van der Waals surface area contributed by atoms with E-state index in [-0.39, 0.29) is 11.7 Å². The minimum absolute atomic E-state index is 0.0687. The Hall–Kier alpha value is -3.14. The normalized spacial score (nSPS) is 17.4. The van der Waals surface area contributed by atoms with Gasteiger partial charge in [0.05, 0.1) is 5.70 Å². The second kappa shape index (κ2) is 8.48. The molecule has 1 N–H and O–H groups in total.